The molecule has 1 aromatic rings. The Morgan fingerprint density at radius 2 is 1.95 bits per heavy atom. The van der Waals surface area contributed by atoms with E-state index in [0.29, 0.717) is 5.92 Å². The van der Waals surface area contributed by atoms with Crippen LogP contribution in [0, 0.1) is 5.92 Å². The summed E-state index contributed by atoms with van der Waals surface area (Å²) in [6, 6.07) is 10.2. The summed E-state index contributed by atoms with van der Waals surface area (Å²) in [4.78, 5) is 0. The van der Waals surface area contributed by atoms with Gasteiger partial charge in [-0.1, -0.05) is 37.3 Å². The highest BCUT2D eigenvalue weighted by atomic mass is 16.5. The van der Waals surface area contributed by atoms with E-state index in [9.17, 15) is 0 Å². The number of hydrogen-bond acceptors (Lipinski definition) is 3. The third-order valence-corrected chi connectivity index (χ3v) is 3.87. The third kappa shape index (κ3) is 4.30. The maximum Gasteiger partial charge on any atom is 0.0765 e. The second-order valence-corrected chi connectivity index (χ2v) is 5.27. The molecule has 1 aliphatic heterocycles. The molecule has 0 spiro atoms. The van der Waals surface area contributed by atoms with Crippen LogP contribution >= 0.6 is 0 Å². The minimum Gasteiger partial charge on any atom is -0.381 e. The predicted molar refractivity (Wildman–Crippen MR) is 76.9 cm³/mol. The Kier molecular flexibility index (Phi) is 5.83. The van der Waals surface area contributed by atoms with E-state index < -0.39 is 0 Å². The molecule has 19 heavy (non-hydrogen) atoms. The molecule has 2 unspecified atom stereocenters. The molecule has 0 radical (unpaired) electrons. The first-order chi connectivity index (χ1) is 9.31. The Bertz CT molecular complexity index is 349. The Hall–Kier alpha value is -0.900. The summed E-state index contributed by atoms with van der Waals surface area (Å²) >= 11 is 0. The van der Waals surface area contributed by atoms with Gasteiger partial charge in [-0.05, 0) is 30.7 Å². The topological polar surface area (TPSA) is 44.5 Å². The SMILES string of the molecule is CCC(OCC1CCOCC1)C(N)c1ccccc1. The Morgan fingerprint density at radius 1 is 1.26 bits per heavy atom. The average Bonchev–Trinajstić information content (AvgIpc) is 2.49. The van der Waals surface area contributed by atoms with Gasteiger partial charge in [0.25, 0.3) is 0 Å². The van der Waals surface area contributed by atoms with E-state index in [1.807, 2.05) is 18.2 Å². The summed E-state index contributed by atoms with van der Waals surface area (Å²) in [6.45, 7) is 4.69. The van der Waals surface area contributed by atoms with E-state index in [0.717, 1.165) is 44.6 Å². The lowest BCUT2D eigenvalue weighted by Gasteiger charge is -2.27. The van der Waals surface area contributed by atoms with Gasteiger partial charge in [-0.2, -0.15) is 0 Å². The van der Waals surface area contributed by atoms with Crippen LogP contribution in [0.3, 0.4) is 0 Å². The van der Waals surface area contributed by atoms with Crippen molar-refractivity contribution in [1.82, 2.24) is 0 Å². The van der Waals surface area contributed by atoms with Crippen LogP contribution in [-0.4, -0.2) is 25.9 Å². The summed E-state index contributed by atoms with van der Waals surface area (Å²) in [5.74, 6) is 0.630. The monoisotopic (exact) mass is 263 g/mol. The van der Waals surface area contributed by atoms with Crippen molar-refractivity contribution in [3.63, 3.8) is 0 Å². The lowest BCUT2D eigenvalue weighted by atomic mass is 9.99. The van der Waals surface area contributed by atoms with Crippen molar-refractivity contribution in [2.45, 2.75) is 38.3 Å². The average molecular weight is 263 g/mol. The molecule has 2 rings (SSSR count). The molecule has 1 saturated heterocycles. The summed E-state index contributed by atoms with van der Waals surface area (Å²) in [5.41, 5.74) is 7.47. The zero-order valence-corrected chi connectivity index (χ0v) is 11.8. The lowest BCUT2D eigenvalue weighted by Crippen LogP contribution is -2.31. The summed E-state index contributed by atoms with van der Waals surface area (Å²) in [5, 5.41) is 0. The minimum atomic E-state index is -0.0361. The van der Waals surface area contributed by atoms with Gasteiger partial charge in [-0.25, -0.2) is 0 Å². The molecule has 2 atom stereocenters. The van der Waals surface area contributed by atoms with Gasteiger partial charge in [0.1, 0.15) is 0 Å². The van der Waals surface area contributed by atoms with Crippen molar-refractivity contribution in [2.24, 2.45) is 11.7 Å². The van der Waals surface area contributed by atoms with Crippen LogP contribution in [0.1, 0.15) is 37.8 Å². The van der Waals surface area contributed by atoms with Crippen molar-refractivity contribution in [3.05, 3.63) is 35.9 Å². The molecule has 2 N–H and O–H groups in total. The largest absolute Gasteiger partial charge is 0.381 e. The summed E-state index contributed by atoms with van der Waals surface area (Å²) in [6.07, 6.45) is 3.26. The van der Waals surface area contributed by atoms with Gasteiger partial charge >= 0.3 is 0 Å². The number of rotatable bonds is 6. The molecule has 0 amide bonds. The van der Waals surface area contributed by atoms with Crippen LogP contribution in [0.5, 0.6) is 0 Å². The fourth-order valence-electron chi connectivity index (χ4n) is 2.54. The third-order valence-electron chi connectivity index (χ3n) is 3.87. The minimum absolute atomic E-state index is 0.0361. The van der Waals surface area contributed by atoms with E-state index in [1.54, 1.807) is 0 Å². The molecule has 0 bridgehead atoms. The molecule has 106 valence electrons. The van der Waals surface area contributed by atoms with Gasteiger partial charge in [0, 0.05) is 13.2 Å². The highest BCUT2D eigenvalue weighted by Gasteiger charge is 2.21. The zero-order valence-electron chi connectivity index (χ0n) is 11.8. The van der Waals surface area contributed by atoms with E-state index in [2.05, 4.69) is 19.1 Å². The number of ether oxygens (including phenoxy) is 2. The molecular weight excluding hydrogens is 238 g/mol. The molecule has 0 saturated carbocycles. The van der Waals surface area contributed by atoms with Gasteiger partial charge in [0.2, 0.25) is 0 Å². The highest BCUT2D eigenvalue weighted by Crippen LogP contribution is 2.22. The second kappa shape index (κ2) is 7.63. The number of hydrogen-bond donors (Lipinski definition) is 1. The van der Waals surface area contributed by atoms with Crippen molar-refractivity contribution in [1.29, 1.82) is 0 Å². The number of benzene rings is 1. The molecule has 1 fully saturated rings. The van der Waals surface area contributed by atoms with Gasteiger partial charge in [0.05, 0.1) is 18.8 Å². The first-order valence-electron chi connectivity index (χ1n) is 7.31. The zero-order chi connectivity index (χ0) is 13.5. The Balaban J connectivity index is 1.85. The maximum atomic E-state index is 6.32. The van der Waals surface area contributed by atoms with Crippen molar-refractivity contribution >= 4 is 0 Å². The van der Waals surface area contributed by atoms with Crippen LogP contribution in [0.25, 0.3) is 0 Å². The van der Waals surface area contributed by atoms with Gasteiger partial charge in [-0.3, -0.25) is 0 Å². The van der Waals surface area contributed by atoms with Gasteiger partial charge in [0.15, 0.2) is 0 Å². The fourth-order valence-corrected chi connectivity index (χ4v) is 2.54. The van der Waals surface area contributed by atoms with Crippen LogP contribution in [0.2, 0.25) is 0 Å². The Labute approximate surface area is 116 Å². The fraction of sp³-hybridized carbons (Fsp3) is 0.625. The first kappa shape index (κ1) is 14.5. The molecule has 1 aromatic carbocycles. The quantitative estimate of drug-likeness (QED) is 0.858. The molecular formula is C16H25NO2. The van der Waals surface area contributed by atoms with E-state index >= 15 is 0 Å². The molecule has 1 aliphatic rings. The molecule has 1 heterocycles. The predicted octanol–water partition coefficient (Wildman–Crippen LogP) is 2.91. The van der Waals surface area contributed by atoms with Crippen LogP contribution in [0.15, 0.2) is 30.3 Å². The van der Waals surface area contributed by atoms with Gasteiger partial charge < -0.3 is 15.2 Å². The standard InChI is InChI=1S/C16H25NO2/c1-2-15(16(17)14-6-4-3-5-7-14)19-12-13-8-10-18-11-9-13/h3-7,13,15-16H,2,8-12,17H2,1H3. The maximum absolute atomic E-state index is 6.32. The summed E-state index contributed by atoms with van der Waals surface area (Å²) < 4.78 is 11.4. The van der Waals surface area contributed by atoms with Crippen molar-refractivity contribution in [3.8, 4) is 0 Å². The van der Waals surface area contributed by atoms with Crippen LogP contribution in [0.4, 0.5) is 0 Å². The van der Waals surface area contributed by atoms with Crippen LogP contribution in [-0.2, 0) is 9.47 Å². The van der Waals surface area contributed by atoms with Crippen LogP contribution < -0.4 is 5.73 Å². The number of nitrogens with two attached hydrogens (primary N) is 1. The van der Waals surface area contributed by atoms with E-state index in [4.69, 9.17) is 15.2 Å². The van der Waals surface area contributed by atoms with E-state index in [-0.39, 0.29) is 12.1 Å². The normalized spacial score (nSPS) is 20.1. The van der Waals surface area contributed by atoms with Gasteiger partial charge in [-0.15, -0.1) is 0 Å². The lowest BCUT2D eigenvalue weighted by molar-refractivity contribution is -0.0210. The van der Waals surface area contributed by atoms with Crippen molar-refractivity contribution in [2.75, 3.05) is 19.8 Å². The molecule has 0 aliphatic carbocycles. The molecule has 3 nitrogen and oxygen atoms in total. The van der Waals surface area contributed by atoms with Crippen molar-refractivity contribution < 1.29 is 9.47 Å². The first-order valence-corrected chi connectivity index (χ1v) is 7.31. The van der Waals surface area contributed by atoms with E-state index in [1.165, 1.54) is 0 Å². The molecule has 3 heteroatoms. The second-order valence-electron chi connectivity index (χ2n) is 5.27. The smallest absolute Gasteiger partial charge is 0.0765 e. The highest BCUT2D eigenvalue weighted by molar-refractivity contribution is 5.19. The molecule has 0 aromatic heterocycles. The summed E-state index contributed by atoms with van der Waals surface area (Å²) in [7, 11) is 0. The Morgan fingerprint density at radius 3 is 2.58 bits per heavy atom.